The summed E-state index contributed by atoms with van der Waals surface area (Å²) in [6.07, 6.45) is 7.14. The van der Waals surface area contributed by atoms with Crippen LogP contribution in [0.2, 0.25) is 0 Å². The molecule has 0 aromatic carbocycles. The molecular weight excluding hydrogens is 384 g/mol. The largest absolute Gasteiger partial charge is 0.336 e. The molecule has 140 valence electrons. The van der Waals surface area contributed by atoms with E-state index >= 15 is 0 Å². The number of aromatic nitrogens is 8. The Hall–Kier alpha value is -3.85. The van der Waals surface area contributed by atoms with E-state index in [1.807, 2.05) is 18.3 Å². The molecule has 0 radical (unpaired) electrons. The third kappa shape index (κ3) is 2.55. The highest BCUT2D eigenvalue weighted by Gasteiger charge is 2.17. The van der Waals surface area contributed by atoms with Gasteiger partial charge in [-0.05, 0) is 31.2 Å². The fourth-order valence-electron chi connectivity index (χ4n) is 3.44. The zero-order valence-electron chi connectivity index (χ0n) is 15.3. The lowest BCUT2D eigenvalue weighted by Gasteiger charge is -1.97. The highest BCUT2D eigenvalue weighted by atomic mass is 32.1. The Labute approximate surface area is 168 Å². The number of rotatable bonds is 3. The molecule has 0 aliphatic rings. The summed E-state index contributed by atoms with van der Waals surface area (Å²) in [6, 6.07) is 8.11. The molecular formula is C20H14N8S. The predicted octanol–water partition coefficient (Wildman–Crippen LogP) is 4.32. The number of nitrogens with zero attached hydrogens (tertiary/aromatic N) is 5. The summed E-state index contributed by atoms with van der Waals surface area (Å²) in [7, 11) is 0. The molecule has 6 aromatic heterocycles. The lowest BCUT2D eigenvalue weighted by molar-refractivity contribution is 1.09. The molecule has 0 aliphatic carbocycles. The number of hydrogen-bond acceptors (Lipinski definition) is 6. The van der Waals surface area contributed by atoms with E-state index in [1.54, 1.807) is 29.9 Å². The average molecular weight is 398 g/mol. The van der Waals surface area contributed by atoms with E-state index in [0.717, 1.165) is 49.5 Å². The molecule has 8 nitrogen and oxygen atoms in total. The quantitative estimate of drug-likeness (QED) is 0.411. The number of thiophene rings is 1. The molecule has 3 N–H and O–H groups in total. The maximum absolute atomic E-state index is 4.85. The van der Waals surface area contributed by atoms with Crippen molar-refractivity contribution in [2.45, 2.75) is 6.92 Å². The molecule has 0 saturated heterocycles. The van der Waals surface area contributed by atoms with Crippen LogP contribution in [0.1, 0.15) is 4.88 Å². The number of imidazole rings is 1. The summed E-state index contributed by atoms with van der Waals surface area (Å²) in [5.41, 5.74) is 5.98. The number of aryl methyl sites for hydroxylation is 1. The third-order valence-corrected chi connectivity index (χ3v) is 5.85. The number of hydrogen-bond donors (Lipinski definition) is 3. The standard InChI is InChI=1S/C20H14N8S/c1-10-2-3-16(29-10)19-18-13(4-5-21-19)25-20(26-18)17-12-6-14(11-7-23-24-8-11)22-9-15(12)27-28-17/h2-9H,1H3,(H,23,24)(H,25,26)(H,27,28). The first-order valence-electron chi connectivity index (χ1n) is 9.01. The Kier molecular flexibility index (Phi) is 3.38. The second kappa shape index (κ2) is 6.08. The van der Waals surface area contributed by atoms with Crippen LogP contribution in [0.5, 0.6) is 0 Å². The molecule has 0 unspecified atom stereocenters. The van der Waals surface area contributed by atoms with Crippen LogP contribution in [-0.4, -0.2) is 40.3 Å². The summed E-state index contributed by atoms with van der Waals surface area (Å²) in [4.78, 5) is 19.6. The smallest absolute Gasteiger partial charge is 0.159 e. The molecule has 9 heteroatoms. The molecule has 0 aliphatic heterocycles. The lowest BCUT2D eigenvalue weighted by Crippen LogP contribution is -1.84. The second-order valence-corrected chi connectivity index (χ2v) is 8.01. The van der Waals surface area contributed by atoms with Gasteiger partial charge in [-0.3, -0.25) is 20.2 Å². The van der Waals surface area contributed by atoms with Crippen molar-refractivity contribution < 1.29 is 0 Å². The minimum Gasteiger partial charge on any atom is -0.336 e. The Bertz CT molecular complexity index is 1470. The first-order valence-corrected chi connectivity index (χ1v) is 9.83. The van der Waals surface area contributed by atoms with Gasteiger partial charge in [0.15, 0.2) is 5.82 Å². The number of nitrogens with one attached hydrogen (secondary N) is 3. The van der Waals surface area contributed by atoms with E-state index in [2.05, 4.69) is 54.4 Å². The van der Waals surface area contributed by atoms with Crippen molar-refractivity contribution in [3.63, 3.8) is 0 Å². The van der Waals surface area contributed by atoms with Crippen molar-refractivity contribution in [1.29, 1.82) is 0 Å². The van der Waals surface area contributed by atoms with Gasteiger partial charge in [-0.15, -0.1) is 11.3 Å². The maximum Gasteiger partial charge on any atom is 0.159 e. The highest BCUT2D eigenvalue weighted by Crippen LogP contribution is 2.33. The molecule has 6 heterocycles. The van der Waals surface area contributed by atoms with Crippen LogP contribution in [-0.2, 0) is 0 Å². The number of fused-ring (bicyclic) bond motifs is 2. The Morgan fingerprint density at radius 3 is 2.79 bits per heavy atom. The Balaban J connectivity index is 1.53. The van der Waals surface area contributed by atoms with Crippen molar-refractivity contribution in [3.05, 3.63) is 53.9 Å². The van der Waals surface area contributed by atoms with Gasteiger partial charge in [0.25, 0.3) is 0 Å². The van der Waals surface area contributed by atoms with Crippen LogP contribution < -0.4 is 0 Å². The summed E-state index contributed by atoms with van der Waals surface area (Å²) in [5.74, 6) is 0.693. The normalized spacial score (nSPS) is 11.6. The Morgan fingerprint density at radius 2 is 1.97 bits per heavy atom. The lowest BCUT2D eigenvalue weighted by atomic mass is 10.1. The first-order chi connectivity index (χ1) is 14.3. The van der Waals surface area contributed by atoms with Crippen molar-refractivity contribution in [3.8, 4) is 33.3 Å². The zero-order chi connectivity index (χ0) is 19.4. The number of H-pyrrole nitrogens is 3. The van der Waals surface area contributed by atoms with Gasteiger partial charge in [0, 0.05) is 28.2 Å². The molecule has 0 amide bonds. The monoisotopic (exact) mass is 398 g/mol. The summed E-state index contributed by atoms with van der Waals surface area (Å²) in [5, 5.41) is 15.3. The van der Waals surface area contributed by atoms with E-state index in [9.17, 15) is 0 Å². The molecule has 0 spiro atoms. The summed E-state index contributed by atoms with van der Waals surface area (Å²) >= 11 is 1.71. The van der Waals surface area contributed by atoms with Crippen LogP contribution in [0, 0.1) is 6.92 Å². The second-order valence-electron chi connectivity index (χ2n) is 6.73. The van der Waals surface area contributed by atoms with Crippen LogP contribution >= 0.6 is 11.3 Å². The topological polar surface area (TPSA) is 112 Å². The minimum absolute atomic E-state index is 0.693. The van der Waals surface area contributed by atoms with Gasteiger partial charge in [-0.1, -0.05) is 0 Å². The SMILES string of the molecule is Cc1ccc(-c2nccc3[nH]c(-c4n[nH]c5cnc(-c6cn[nH]c6)cc45)nc23)s1. The minimum atomic E-state index is 0.693. The average Bonchev–Trinajstić information content (AvgIpc) is 3.51. The van der Waals surface area contributed by atoms with Gasteiger partial charge < -0.3 is 4.98 Å². The van der Waals surface area contributed by atoms with Crippen LogP contribution in [0.15, 0.2) is 49.1 Å². The molecule has 29 heavy (non-hydrogen) atoms. The highest BCUT2D eigenvalue weighted by molar-refractivity contribution is 7.15. The number of aromatic amines is 3. The van der Waals surface area contributed by atoms with E-state index in [-0.39, 0.29) is 0 Å². The van der Waals surface area contributed by atoms with E-state index in [1.165, 1.54) is 4.88 Å². The number of pyridine rings is 2. The summed E-state index contributed by atoms with van der Waals surface area (Å²) in [6.45, 7) is 2.09. The van der Waals surface area contributed by atoms with Gasteiger partial charge in [-0.2, -0.15) is 10.2 Å². The predicted molar refractivity (Wildman–Crippen MR) is 112 cm³/mol. The van der Waals surface area contributed by atoms with Gasteiger partial charge >= 0.3 is 0 Å². The van der Waals surface area contributed by atoms with Gasteiger partial charge in [0.05, 0.1) is 34.0 Å². The van der Waals surface area contributed by atoms with Crippen molar-refractivity contribution in [2.75, 3.05) is 0 Å². The van der Waals surface area contributed by atoms with E-state index < -0.39 is 0 Å². The molecule has 6 aromatic rings. The fraction of sp³-hybridized carbons (Fsp3) is 0.0500. The van der Waals surface area contributed by atoms with Crippen LogP contribution in [0.4, 0.5) is 0 Å². The Morgan fingerprint density at radius 1 is 1.00 bits per heavy atom. The van der Waals surface area contributed by atoms with Crippen molar-refractivity contribution in [2.24, 2.45) is 0 Å². The fourth-order valence-corrected chi connectivity index (χ4v) is 4.30. The third-order valence-electron chi connectivity index (χ3n) is 4.84. The van der Waals surface area contributed by atoms with Crippen molar-refractivity contribution >= 4 is 33.3 Å². The summed E-state index contributed by atoms with van der Waals surface area (Å²) < 4.78 is 0. The van der Waals surface area contributed by atoms with Gasteiger partial charge in [0.2, 0.25) is 0 Å². The first kappa shape index (κ1) is 16.1. The van der Waals surface area contributed by atoms with Crippen LogP contribution in [0.25, 0.3) is 55.3 Å². The molecule has 0 saturated carbocycles. The van der Waals surface area contributed by atoms with E-state index in [4.69, 9.17) is 4.98 Å². The van der Waals surface area contributed by atoms with Crippen LogP contribution in [0.3, 0.4) is 0 Å². The molecule has 0 atom stereocenters. The molecule has 6 rings (SSSR count). The van der Waals surface area contributed by atoms with Crippen molar-refractivity contribution in [1.82, 2.24) is 40.3 Å². The van der Waals surface area contributed by atoms with Gasteiger partial charge in [-0.25, -0.2) is 4.98 Å². The molecule has 0 fully saturated rings. The van der Waals surface area contributed by atoms with Gasteiger partial charge in [0.1, 0.15) is 16.9 Å². The zero-order valence-corrected chi connectivity index (χ0v) is 16.1. The molecule has 0 bridgehead atoms. The maximum atomic E-state index is 4.85. The van der Waals surface area contributed by atoms with E-state index in [0.29, 0.717) is 5.82 Å².